The molecule has 0 aliphatic carbocycles. The number of esters is 1. The normalized spacial score (nSPS) is 30.2. The molecule has 10 heteroatoms. The Balaban J connectivity index is 1.54. The largest absolute Gasteiger partial charge is 0.497 e. The van der Waals surface area contributed by atoms with Gasteiger partial charge in [0.15, 0.2) is 0 Å². The molecule has 0 aromatic heterocycles. The number of halogens is 1. The van der Waals surface area contributed by atoms with Crippen molar-refractivity contribution in [3.05, 3.63) is 60.2 Å². The van der Waals surface area contributed by atoms with E-state index in [1.165, 1.54) is 4.90 Å². The van der Waals surface area contributed by atoms with Gasteiger partial charge in [-0.3, -0.25) is 14.4 Å². The number of aliphatic hydroxyl groups excluding tert-OH is 1. The van der Waals surface area contributed by atoms with E-state index in [2.05, 4.69) is 21.2 Å². The highest BCUT2D eigenvalue weighted by molar-refractivity contribution is 9.09. The fourth-order valence-corrected chi connectivity index (χ4v) is 7.23. The van der Waals surface area contributed by atoms with E-state index in [4.69, 9.17) is 14.2 Å². The molecule has 3 unspecified atom stereocenters. The zero-order valence-electron chi connectivity index (χ0n) is 21.2. The lowest BCUT2D eigenvalue weighted by Gasteiger charge is -2.37. The third kappa shape index (κ3) is 4.38. The molecule has 3 aliphatic heterocycles. The molecule has 202 valence electrons. The third-order valence-electron chi connectivity index (χ3n) is 7.81. The molecule has 9 nitrogen and oxygen atoms in total. The molecule has 2 aromatic carbocycles. The standard InChI is InChI=1S/C28H31BrN2O7/c1-3-37-27(35)21-22-26(34)31(18(15-32)13-16-7-5-4-6-8-16)24(28(22)14-20(29)23(21)38-28)25(33)30-17-9-11-19(36-2)12-10-17/h4-12,18,20-24,32H,3,13-15H2,1-2H3,(H,30,33)/t18-,20?,21-,22+,23-,24?,28?/m1/s1. The highest BCUT2D eigenvalue weighted by Crippen LogP contribution is 2.60. The molecule has 0 saturated carbocycles. The van der Waals surface area contributed by atoms with Crippen molar-refractivity contribution < 1.29 is 33.7 Å². The van der Waals surface area contributed by atoms with E-state index >= 15 is 0 Å². The Morgan fingerprint density at radius 1 is 1.21 bits per heavy atom. The smallest absolute Gasteiger partial charge is 0.312 e. The van der Waals surface area contributed by atoms with E-state index in [0.717, 1.165) is 5.56 Å². The van der Waals surface area contributed by atoms with E-state index in [1.54, 1.807) is 38.3 Å². The molecule has 2 N–H and O–H groups in total. The Labute approximate surface area is 229 Å². The highest BCUT2D eigenvalue weighted by atomic mass is 79.9. The Kier molecular flexibility index (Phi) is 7.48. The van der Waals surface area contributed by atoms with Crippen LogP contribution in [0.5, 0.6) is 5.75 Å². The number of amides is 2. The number of anilines is 1. The van der Waals surface area contributed by atoms with Crippen LogP contribution in [0.4, 0.5) is 5.69 Å². The highest BCUT2D eigenvalue weighted by Gasteiger charge is 2.77. The zero-order chi connectivity index (χ0) is 27.0. The van der Waals surface area contributed by atoms with Crippen LogP contribution in [-0.2, 0) is 30.3 Å². The summed E-state index contributed by atoms with van der Waals surface area (Å²) < 4.78 is 17.0. The third-order valence-corrected chi connectivity index (χ3v) is 8.65. The molecular weight excluding hydrogens is 556 g/mol. The number of nitrogens with zero attached hydrogens (tertiary/aromatic N) is 1. The SMILES string of the molecule is CCOC(=O)[C@H]1[C@@H]2OC3(CC2Br)C(C(=O)Nc2ccc(OC)cc2)N([C@@H](CO)Cc2ccccc2)C(=O)[C@H]13. The molecule has 1 spiro atoms. The molecular formula is C28H31BrN2O7. The molecule has 5 rings (SSSR count). The predicted octanol–water partition coefficient (Wildman–Crippen LogP) is 2.55. The first-order valence-electron chi connectivity index (χ1n) is 12.7. The average molecular weight is 587 g/mol. The number of hydrogen-bond donors (Lipinski definition) is 2. The summed E-state index contributed by atoms with van der Waals surface area (Å²) in [4.78, 5) is 42.4. The second-order valence-corrected chi connectivity index (χ2v) is 11.1. The summed E-state index contributed by atoms with van der Waals surface area (Å²) in [5.74, 6) is -2.44. The molecule has 2 amide bonds. The van der Waals surface area contributed by atoms with Crippen LogP contribution in [0.3, 0.4) is 0 Å². The number of fused-ring (bicyclic) bond motifs is 1. The summed E-state index contributed by atoms with van der Waals surface area (Å²) in [6.07, 6.45) is 0.108. The first kappa shape index (κ1) is 26.6. The number of carbonyl (C=O) groups excluding carboxylic acids is 3. The van der Waals surface area contributed by atoms with Gasteiger partial charge in [-0.05, 0) is 49.6 Å². The number of aliphatic hydroxyl groups is 1. The summed E-state index contributed by atoms with van der Waals surface area (Å²) in [6.45, 7) is 1.52. The van der Waals surface area contributed by atoms with Gasteiger partial charge in [0.1, 0.15) is 17.4 Å². The Hall–Kier alpha value is -2.95. The van der Waals surface area contributed by atoms with Crippen molar-refractivity contribution in [2.45, 2.75) is 48.4 Å². The minimum absolute atomic E-state index is 0.168. The number of likely N-dealkylation sites (tertiary alicyclic amines) is 1. The van der Waals surface area contributed by atoms with Gasteiger partial charge in [0, 0.05) is 10.5 Å². The minimum Gasteiger partial charge on any atom is -0.497 e. The van der Waals surface area contributed by atoms with E-state index in [-0.39, 0.29) is 23.9 Å². The van der Waals surface area contributed by atoms with Crippen LogP contribution >= 0.6 is 15.9 Å². The Bertz CT molecular complexity index is 1190. The van der Waals surface area contributed by atoms with Crippen LogP contribution in [0, 0.1) is 11.8 Å². The van der Waals surface area contributed by atoms with Crippen LogP contribution in [0.15, 0.2) is 54.6 Å². The van der Waals surface area contributed by atoms with Gasteiger partial charge in [-0.1, -0.05) is 46.3 Å². The van der Waals surface area contributed by atoms with Gasteiger partial charge in [-0.15, -0.1) is 0 Å². The zero-order valence-corrected chi connectivity index (χ0v) is 22.8. The van der Waals surface area contributed by atoms with Gasteiger partial charge in [-0.25, -0.2) is 0 Å². The lowest BCUT2D eigenvalue weighted by Crippen LogP contribution is -2.57. The van der Waals surface area contributed by atoms with Crippen LogP contribution in [0.2, 0.25) is 0 Å². The van der Waals surface area contributed by atoms with E-state index in [1.807, 2.05) is 30.3 Å². The first-order chi connectivity index (χ1) is 18.3. The van der Waals surface area contributed by atoms with Gasteiger partial charge in [0.25, 0.3) is 0 Å². The van der Waals surface area contributed by atoms with Crippen molar-refractivity contribution in [1.29, 1.82) is 0 Å². The van der Waals surface area contributed by atoms with Crippen molar-refractivity contribution in [1.82, 2.24) is 4.90 Å². The molecule has 2 bridgehead atoms. The number of rotatable bonds is 9. The van der Waals surface area contributed by atoms with Crippen LogP contribution < -0.4 is 10.1 Å². The number of benzene rings is 2. The number of hydrogen-bond acceptors (Lipinski definition) is 7. The van der Waals surface area contributed by atoms with Crippen LogP contribution in [-0.4, -0.2) is 76.7 Å². The van der Waals surface area contributed by atoms with Gasteiger partial charge < -0.3 is 29.5 Å². The van der Waals surface area contributed by atoms with E-state index in [9.17, 15) is 19.5 Å². The fourth-order valence-electron chi connectivity index (χ4n) is 6.29. The lowest BCUT2D eigenvalue weighted by atomic mass is 9.70. The van der Waals surface area contributed by atoms with Crippen molar-refractivity contribution in [3.8, 4) is 5.75 Å². The van der Waals surface area contributed by atoms with Crippen molar-refractivity contribution in [2.75, 3.05) is 25.6 Å². The second kappa shape index (κ2) is 10.7. The molecule has 3 fully saturated rings. The molecule has 3 heterocycles. The summed E-state index contributed by atoms with van der Waals surface area (Å²) in [5.41, 5.74) is 0.193. The Morgan fingerprint density at radius 3 is 2.55 bits per heavy atom. The van der Waals surface area contributed by atoms with Gasteiger partial charge in [0.2, 0.25) is 11.8 Å². The molecule has 3 aliphatic rings. The number of alkyl halides is 1. The maximum absolute atomic E-state index is 14.2. The minimum atomic E-state index is -1.24. The summed E-state index contributed by atoms with van der Waals surface area (Å²) in [5, 5.41) is 13.4. The van der Waals surface area contributed by atoms with E-state index in [0.29, 0.717) is 24.3 Å². The topological polar surface area (TPSA) is 114 Å². The van der Waals surface area contributed by atoms with Gasteiger partial charge >= 0.3 is 5.97 Å². The molecule has 38 heavy (non-hydrogen) atoms. The van der Waals surface area contributed by atoms with Crippen molar-refractivity contribution >= 4 is 39.4 Å². The number of carbonyl (C=O) groups is 3. The van der Waals surface area contributed by atoms with Gasteiger partial charge in [0.05, 0.1) is 44.3 Å². The van der Waals surface area contributed by atoms with Gasteiger partial charge in [-0.2, -0.15) is 0 Å². The summed E-state index contributed by atoms with van der Waals surface area (Å²) >= 11 is 3.64. The second-order valence-electron chi connectivity index (χ2n) is 9.90. The summed E-state index contributed by atoms with van der Waals surface area (Å²) in [6, 6.07) is 14.6. The molecule has 3 saturated heterocycles. The maximum Gasteiger partial charge on any atom is 0.312 e. The quantitative estimate of drug-likeness (QED) is 0.343. The van der Waals surface area contributed by atoms with Crippen LogP contribution in [0.25, 0.3) is 0 Å². The first-order valence-corrected chi connectivity index (χ1v) is 13.7. The summed E-state index contributed by atoms with van der Waals surface area (Å²) in [7, 11) is 1.56. The molecule has 7 atom stereocenters. The van der Waals surface area contributed by atoms with Crippen LogP contribution in [0.1, 0.15) is 18.9 Å². The van der Waals surface area contributed by atoms with Crippen molar-refractivity contribution in [2.24, 2.45) is 11.8 Å². The monoisotopic (exact) mass is 586 g/mol. The number of ether oxygens (including phenoxy) is 3. The number of methoxy groups -OCH3 is 1. The Morgan fingerprint density at radius 2 is 1.92 bits per heavy atom. The maximum atomic E-state index is 14.2. The lowest BCUT2D eigenvalue weighted by molar-refractivity contribution is -0.155. The predicted molar refractivity (Wildman–Crippen MR) is 142 cm³/mol. The van der Waals surface area contributed by atoms with E-state index < -0.39 is 47.5 Å². The molecule has 0 radical (unpaired) electrons. The number of nitrogens with one attached hydrogen (secondary N) is 1. The fraction of sp³-hybridized carbons (Fsp3) is 0.464. The van der Waals surface area contributed by atoms with Crippen molar-refractivity contribution in [3.63, 3.8) is 0 Å². The molecule has 2 aromatic rings. The average Bonchev–Trinajstić information content (AvgIpc) is 3.51.